The fraction of sp³-hybridized carbons (Fsp3) is 0.545. The molecule has 1 unspecified atom stereocenters. The van der Waals surface area contributed by atoms with Crippen molar-refractivity contribution in [3.63, 3.8) is 0 Å². The molecular formula is C11H16ClN3S. The molecule has 2 heterocycles. The van der Waals surface area contributed by atoms with Gasteiger partial charge in [0.25, 0.3) is 0 Å². The first-order valence-electron chi connectivity index (χ1n) is 5.40. The lowest BCUT2D eigenvalue weighted by atomic mass is 10.3. The maximum absolute atomic E-state index is 6.10. The number of nitrogens with two attached hydrogens (primary N) is 1. The summed E-state index contributed by atoms with van der Waals surface area (Å²) in [6.45, 7) is 5.25. The third-order valence-corrected chi connectivity index (χ3v) is 4.12. The summed E-state index contributed by atoms with van der Waals surface area (Å²) < 4.78 is 0. The summed E-state index contributed by atoms with van der Waals surface area (Å²) >= 11 is 8.12. The van der Waals surface area contributed by atoms with Crippen LogP contribution < -0.4 is 5.73 Å². The van der Waals surface area contributed by atoms with Crippen molar-refractivity contribution >= 4 is 29.2 Å². The van der Waals surface area contributed by atoms with E-state index >= 15 is 0 Å². The minimum atomic E-state index is 0.541. The number of rotatable bonds is 2. The van der Waals surface area contributed by atoms with E-state index in [9.17, 15) is 0 Å². The van der Waals surface area contributed by atoms with Gasteiger partial charge in [0.2, 0.25) is 0 Å². The number of aromatic nitrogens is 1. The second-order valence-corrected chi connectivity index (χ2v) is 6.03. The largest absolute Gasteiger partial charge is 0.384 e. The molecule has 0 aliphatic carbocycles. The van der Waals surface area contributed by atoms with Crippen molar-refractivity contribution < 1.29 is 0 Å². The molecule has 0 saturated carbocycles. The van der Waals surface area contributed by atoms with Crippen LogP contribution in [0.15, 0.2) is 12.1 Å². The Morgan fingerprint density at radius 3 is 3.19 bits per heavy atom. The van der Waals surface area contributed by atoms with Gasteiger partial charge in [-0.2, -0.15) is 11.8 Å². The minimum absolute atomic E-state index is 0.541. The Labute approximate surface area is 105 Å². The first kappa shape index (κ1) is 12.0. The monoisotopic (exact) mass is 257 g/mol. The van der Waals surface area contributed by atoms with Gasteiger partial charge < -0.3 is 5.73 Å². The number of halogens is 1. The molecule has 0 aromatic carbocycles. The van der Waals surface area contributed by atoms with E-state index in [2.05, 4.69) is 16.8 Å². The minimum Gasteiger partial charge on any atom is -0.384 e. The molecule has 1 fully saturated rings. The summed E-state index contributed by atoms with van der Waals surface area (Å²) in [5.74, 6) is 1.72. The lowest BCUT2D eigenvalue weighted by Gasteiger charge is -2.30. The van der Waals surface area contributed by atoms with Crippen LogP contribution >= 0.6 is 23.4 Å². The van der Waals surface area contributed by atoms with Crippen LogP contribution in [-0.4, -0.2) is 34.0 Å². The van der Waals surface area contributed by atoms with Crippen molar-refractivity contribution in [1.29, 1.82) is 0 Å². The molecule has 2 rings (SSSR count). The second kappa shape index (κ2) is 5.25. The van der Waals surface area contributed by atoms with Gasteiger partial charge in [0.05, 0.1) is 10.7 Å². The number of hydrogen-bond acceptors (Lipinski definition) is 4. The zero-order valence-corrected chi connectivity index (χ0v) is 10.9. The molecule has 1 aromatic heterocycles. The Bertz CT molecular complexity index is 372. The lowest BCUT2D eigenvalue weighted by Crippen LogP contribution is -2.36. The molecule has 5 heteroatoms. The van der Waals surface area contributed by atoms with E-state index in [1.54, 1.807) is 6.07 Å². The number of pyridine rings is 1. The average Bonchev–Trinajstić information content (AvgIpc) is 2.24. The molecule has 0 amide bonds. The molecular weight excluding hydrogens is 242 g/mol. The Kier molecular flexibility index (Phi) is 3.95. The van der Waals surface area contributed by atoms with E-state index in [0.717, 1.165) is 25.3 Å². The van der Waals surface area contributed by atoms with Crippen LogP contribution in [0.4, 0.5) is 5.82 Å². The Morgan fingerprint density at radius 2 is 2.44 bits per heavy atom. The highest BCUT2D eigenvalue weighted by Crippen LogP contribution is 2.22. The molecule has 3 nitrogen and oxygen atoms in total. The van der Waals surface area contributed by atoms with Crippen molar-refractivity contribution in [2.45, 2.75) is 18.7 Å². The first-order valence-corrected chi connectivity index (χ1v) is 6.82. The van der Waals surface area contributed by atoms with Gasteiger partial charge in [-0.25, -0.2) is 4.98 Å². The molecule has 88 valence electrons. The molecule has 16 heavy (non-hydrogen) atoms. The molecule has 0 radical (unpaired) electrons. The lowest BCUT2D eigenvalue weighted by molar-refractivity contribution is 0.275. The molecule has 1 aromatic rings. The van der Waals surface area contributed by atoms with E-state index in [0.29, 0.717) is 16.1 Å². The van der Waals surface area contributed by atoms with E-state index in [1.165, 1.54) is 5.75 Å². The van der Waals surface area contributed by atoms with E-state index in [-0.39, 0.29) is 0 Å². The third kappa shape index (κ3) is 3.03. The van der Waals surface area contributed by atoms with E-state index in [1.807, 2.05) is 17.8 Å². The maximum Gasteiger partial charge on any atom is 0.123 e. The molecule has 0 bridgehead atoms. The predicted molar refractivity (Wildman–Crippen MR) is 70.9 cm³/mol. The number of thioether (sulfide) groups is 1. The quantitative estimate of drug-likeness (QED) is 0.883. The fourth-order valence-electron chi connectivity index (χ4n) is 1.86. The molecule has 1 saturated heterocycles. The first-order chi connectivity index (χ1) is 7.65. The van der Waals surface area contributed by atoms with Crippen LogP contribution in [0.25, 0.3) is 0 Å². The van der Waals surface area contributed by atoms with Gasteiger partial charge in [0.15, 0.2) is 0 Å². The van der Waals surface area contributed by atoms with Gasteiger partial charge in [-0.15, -0.1) is 0 Å². The van der Waals surface area contributed by atoms with Gasteiger partial charge in [0, 0.05) is 30.6 Å². The molecule has 0 spiro atoms. The van der Waals surface area contributed by atoms with Crippen LogP contribution in [0, 0.1) is 0 Å². The van der Waals surface area contributed by atoms with E-state index in [4.69, 9.17) is 17.3 Å². The molecule has 1 atom stereocenters. The summed E-state index contributed by atoms with van der Waals surface area (Å²) in [6, 6.07) is 3.56. The van der Waals surface area contributed by atoms with Crippen LogP contribution in [0.2, 0.25) is 5.02 Å². The second-order valence-electron chi connectivity index (χ2n) is 4.08. The van der Waals surface area contributed by atoms with Crippen LogP contribution in [0.1, 0.15) is 12.6 Å². The van der Waals surface area contributed by atoms with Gasteiger partial charge in [-0.3, -0.25) is 4.90 Å². The normalized spacial score (nSPS) is 22.2. The van der Waals surface area contributed by atoms with Crippen molar-refractivity contribution in [3.05, 3.63) is 22.8 Å². The van der Waals surface area contributed by atoms with Gasteiger partial charge in [-0.05, 0) is 12.1 Å². The zero-order valence-electron chi connectivity index (χ0n) is 9.32. The standard InChI is InChI=1S/C11H16ClN3S/c1-8-6-15(4-5-16-8)7-10-9(12)2-3-11(13)14-10/h2-3,8H,4-7H2,1H3,(H2,13,14). The van der Waals surface area contributed by atoms with E-state index < -0.39 is 0 Å². The number of anilines is 1. The highest BCUT2D eigenvalue weighted by Gasteiger charge is 2.18. The SMILES string of the molecule is CC1CN(Cc2nc(N)ccc2Cl)CCS1. The highest BCUT2D eigenvalue weighted by atomic mass is 35.5. The average molecular weight is 258 g/mol. The Morgan fingerprint density at radius 1 is 1.62 bits per heavy atom. The molecule has 1 aliphatic heterocycles. The van der Waals surface area contributed by atoms with Gasteiger partial charge in [-0.1, -0.05) is 18.5 Å². The smallest absolute Gasteiger partial charge is 0.123 e. The number of hydrogen-bond donors (Lipinski definition) is 1. The summed E-state index contributed by atoms with van der Waals surface area (Å²) in [5, 5.41) is 1.40. The Balaban J connectivity index is 2.05. The van der Waals surface area contributed by atoms with Crippen LogP contribution in [0.3, 0.4) is 0 Å². The van der Waals surface area contributed by atoms with Gasteiger partial charge in [0.1, 0.15) is 5.82 Å². The maximum atomic E-state index is 6.10. The third-order valence-electron chi connectivity index (χ3n) is 2.64. The van der Waals surface area contributed by atoms with Crippen molar-refractivity contribution in [3.8, 4) is 0 Å². The summed E-state index contributed by atoms with van der Waals surface area (Å²) in [7, 11) is 0. The zero-order chi connectivity index (χ0) is 11.5. The summed E-state index contributed by atoms with van der Waals surface area (Å²) in [6.07, 6.45) is 0. The summed E-state index contributed by atoms with van der Waals surface area (Å²) in [5.41, 5.74) is 6.56. The number of nitrogens with zero attached hydrogens (tertiary/aromatic N) is 2. The topological polar surface area (TPSA) is 42.2 Å². The molecule has 1 aliphatic rings. The van der Waals surface area contributed by atoms with Gasteiger partial charge >= 0.3 is 0 Å². The summed E-state index contributed by atoms with van der Waals surface area (Å²) in [4.78, 5) is 6.67. The fourth-order valence-corrected chi connectivity index (χ4v) is 3.11. The van der Waals surface area contributed by atoms with Crippen LogP contribution in [0.5, 0.6) is 0 Å². The molecule has 2 N–H and O–H groups in total. The predicted octanol–water partition coefficient (Wildman–Crippen LogP) is 2.25. The van der Waals surface area contributed by atoms with Crippen molar-refractivity contribution in [1.82, 2.24) is 9.88 Å². The van der Waals surface area contributed by atoms with Crippen molar-refractivity contribution in [2.24, 2.45) is 0 Å². The van der Waals surface area contributed by atoms with Crippen molar-refractivity contribution in [2.75, 3.05) is 24.6 Å². The highest BCUT2D eigenvalue weighted by molar-refractivity contribution is 7.99. The van der Waals surface area contributed by atoms with Crippen LogP contribution in [-0.2, 0) is 6.54 Å². The number of nitrogen functional groups attached to an aromatic ring is 1. The Hall–Kier alpha value is -0.450.